The fraction of sp³-hybridized carbons (Fsp3) is 0.667. The average molecular weight is 251 g/mol. The Balaban J connectivity index is 2.17. The second kappa shape index (κ2) is 5.97. The molecule has 2 heterocycles. The van der Waals surface area contributed by atoms with Crippen LogP contribution in [0.15, 0.2) is 6.07 Å². The Kier molecular flexibility index (Phi) is 4.33. The minimum absolute atomic E-state index is 0.419. The number of nitrogens with two attached hydrogens (primary N) is 1. The average Bonchev–Trinajstić information content (AvgIpc) is 2.82. The zero-order valence-corrected chi connectivity index (χ0v) is 11.0. The molecule has 1 aliphatic rings. The molecule has 0 saturated carbocycles. The van der Waals surface area contributed by atoms with Gasteiger partial charge in [-0.25, -0.2) is 15.8 Å². The van der Waals surface area contributed by atoms with Crippen LogP contribution in [-0.4, -0.2) is 29.7 Å². The number of nitrogens with one attached hydrogen (secondary N) is 1. The minimum Gasteiger partial charge on any atom is -0.374 e. The zero-order chi connectivity index (χ0) is 13.0. The predicted molar refractivity (Wildman–Crippen MR) is 71.2 cm³/mol. The summed E-state index contributed by atoms with van der Waals surface area (Å²) in [4.78, 5) is 11.1. The Morgan fingerprint density at radius 1 is 1.56 bits per heavy atom. The highest BCUT2D eigenvalue weighted by molar-refractivity contribution is 5.49. The molecule has 0 aromatic carbocycles. The van der Waals surface area contributed by atoms with Crippen LogP contribution in [0.5, 0.6) is 0 Å². The summed E-state index contributed by atoms with van der Waals surface area (Å²) in [6, 6.07) is 1.88. The summed E-state index contributed by atoms with van der Waals surface area (Å²) in [6.07, 6.45) is 1.20. The molecule has 2 rings (SSSR count). The molecule has 1 fully saturated rings. The number of nitrogen functional groups attached to an aromatic ring is 1. The Bertz CT molecular complexity index is 398. The molecule has 1 atom stereocenters. The van der Waals surface area contributed by atoms with Crippen LogP contribution in [0.25, 0.3) is 0 Å². The Morgan fingerprint density at radius 2 is 2.39 bits per heavy atom. The summed E-state index contributed by atoms with van der Waals surface area (Å²) < 4.78 is 5.35. The monoisotopic (exact) mass is 251 g/mol. The molecule has 6 heteroatoms. The maximum atomic E-state index is 5.44. The number of rotatable bonds is 5. The van der Waals surface area contributed by atoms with Gasteiger partial charge in [0.1, 0.15) is 18.2 Å². The van der Waals surface area contributed by atoms with E-state index >= 15 is 0 Å². The van der Waals surface area contributed by atoms with Crippen molar-refractivity contribution < 1.29 is 4.74 Å². The molecule has 1 aliphatic heterocycles. The minimum atomic E-state index is 0.419. The van der Waals surface area contributed by atoms with E-state index in [4.69, 9.17) is 10.6 Å². The first kappa shape index (κ1) is 13.0. The van der Waals surface area contributed by atoms with E-state index in [2.05, 4.69) is 27.2 Å². The zero-order valence-electron chi connectivity index (χ0n) is 11.0. The second-order valence-corrected chi connectivity index (χ2v) is 4.65. The highest BCUT2D eigenvalue weighted by Crippen LogP contribution is 2.23. The lowest BCUT2D eigenvalue weighted by Crippen LogP contribution is -2.22. The lowest BCUT2D eigenvalue weighted by Gasteiger charge is -2.18. The highest BCUT2D eigenvalue weighted by atomic mass is 16.5. The van der Waals surface area contributed by atoms with Crippen molar-refractivity contribution in [3.05, 3.63) is 11.9 Å². The molecule has 0 radical (unpaired) electrons. The molecule has 100 valence electrons. The smallest absolute Gasteiger partial charge is 0.158 e. The lowest BCUT2D eigenvalue weighted by molar-refractivity contribution is 0.128. The van der Waals surface area contributed by atoms with Gasteiger partial charge in [0.2, 0.25) is 0 Å². The number of ether oxygens (including phenoxy) is 1. The van der Waals surface area contributed by atoms with E-state index < -0.39 is 0 Å². The molecule has 3 N–H and O–H groups in total. The van der Waals surface area contributed by atoms with Gasteiger partial charge in [-0.15, -0.1) is 0 Å². The first-order valence-corrected chi connectivity index (χ1v) is 6.40. The third kappa shape index (κ3) is 3.08. The highest BCUT2D eigenvalue weighted by Gasteiger charge is 2.20. The molecule has 1 aromatic heterocycles. The Morgan fingerprint density at radius 3 is 3.00 bits per heavy atom. The van der Waals surface area contributed by atoms with Crippen LogP contribution in [0.3, 0.4) is 0 Å². The van der Waals surface area contributed by atoms with Gasteiger partial charge >= 0.3 is 0 Å². The molecule has 0 aliphatic carbocycles. The van der Waals surface area contributed by atoms with E-state index in [0.29, 0.717) is 30.8 Å². The largest absolute Gasteiger partial charge is 0.374 e. The number of hydrogen-bond donors (Lipinski definition) is 2. The van der Waals surface area contributed by atoms with Gasteiger partial charge in [0.25, 0.3) is 0 Å². The fourth-order valence-electron chi connectivity index (χ4n) is 2.12. The van der Waals surface area contributed by atoms with Crippen molar-refractivity contribution in [3.8, 4) is 0 Å². The fourth-order valence-corrected chi connectivity index (χ4v) is 2.12. The quantitative estimate of drug-likeness (QED) is 0.604. The van der Waals surface area contributed by atoms with Crippen LogP contribution in [-0.2, 0) is 11.3 Å². The molecule has 0 amide bonds. The molecule has 0 spiro atoms. The lowest BCUT2D eigenvalue weighted by atomic mass is 10.2. The summed E-state index contributed by atoms with van der Waals surface area (Å²) in [7, 11) is 0. The van der Waals surface area contributed by atoms with E-state index in [0.717, 1.165) is 18.9 Å². The van der Waals surface area contributed by atoms with Gasteiger partial charge in [0, 0.05) is 25.8 Å². The van der Waals surface area contributed by atoms with Crippen LogP contribution >= 0.6 is 0 Å². The van der Waals surface area contributed by atoms with Gasteiger partial charge in [-0.1, -0.05) is 6.92 Å². The maximum absolute atomic E-state index is 5.44. The summed E-state index contributed by atoms with van der Waals surface area (Å²) in [5, 5.41) is 0. The van der Waals surface area contributed by atoms with Crippen molar-refractivity contribution >= 4 is 11.6 Å². The molecular formula is C12H21N5O. The second-order valence-electron chi connectivity index (χ2n) is 4.65. The van der Waals surface area contributed by atoms with E-state index in [1.807, 2.05) is 13.0 Å². The summed E-state index contributed by atoms with van der Waals surface area (Å²) in [5.74, 6) is 8.38. The topological polar surface area (TPSA) is 76.3 Å². The molecule has 1 aromatic rings. The molecule has 0 bridgehead atoms. The van der Waals surface area contributed by atoms with E-state index in [1.165, 1.54) is 6.42 Å². The standard InChI is InChI=1S/C12H21N5O/c1-3-18-8-11-14-10(16-13)6-12(15-11)17-5-4-9(2)7-17/h6,9H,3-5,7-8,13H2,1-2H3,(H,14,15,16). The van der Waals surface area contributed by atoms with Crippen LogP contribution in [0.4, 0.5) is 11.6 Å². The van der Waals surface area contributed by atoms with Crippen LogP contribution < -0.4 is 16.2 Å². The van der Waals surface area contributed by atoms with E-state index in [1.54, 1.807) is 0 Å². The van der Waals surface area contributed by atoms with Crippen LogP contribution in [0.2, 0.25) is 0 Å². The molecule has 1 unspecified atom stereocenters. The number of anilines is 2. The van der Waals surface area contributed by atoms with E-state index in [-0.39, 0.29) is 0 Å². The maximum Gasteiger partial charge on any atom is 0.158 e. The first-order chi connectivity index (χ1) is 8.72. The number of aromatic nitrogens is 2. The van der Waals surface area contributed by atoms with Crippen molar-refractivity contribution in [2.75, 3.05) is 30.0 Å². The normalized spacial score (nSPS) is 19.3. The van der Waals surface area contributed by atoms with Crippen molar-refractivity contribution in [1.82, 2.24) is 9.97 Å². The van der Waals surface area contributed by atoms with Crippen molar-refractivity contribution in [2.24, 2.45) is 11.8 Å². The number of hydrogen-bond acceptors (Lipinski definition) is 6. The summed E-state index contributed by atoms with van der Waals surface area (Å²) in [6.45, 7) is 7.35. The third-order valence-electron chi connectivity index (χ3n) is 3.09. The number of nitrogens with zero attached hydrogens (tertiary/aromatic N) is 3. The third-order valence-corrected chi connectivity index (χ3v) is 3.09. The van der Waals surface area contributed by atoms with Crippen LogP contribution in [0, 0.1) is 5.92 Å². The van der Waals surface area contributed by atoms with E-state index in [9.17, 15) is 0 Å². The SMILES string of the molecule is CCOCc1nc(NN)cc(N2CCC(C)C2)n1. The number of hydrazine groups is 1. The summed E-state index contributed by atoms with van der Waals surface area (Å²) >= 11 is 0. The predicted octanol–water partition coefficient (Wildman–Crippen LogP) is 1.14. The van der Waals surface area contributed by atoms with Gasteiger partial charge in [0.15, 0.2) is 5.82 Å². The van der Waals surface area contributed by atoms with Crippen molar-refractivity contribution in [3.63, 3.8) is 0 Å². The van der Waals surface area contributed by atoms with Crippen LogP contribution in [0.1, 0.15) is 26.1 Å². The molecular weight excluding hydrogens is 230 g/mol. The summed E-state index contributed by atoms with van der Waals surface area (Å²) in [5.41, 5.74) is 2.59. The molecule has 1 saturated heterocycles. The van der Waals surface area contributed by atoms with Crippen molar-refractivity contribution in [2.45, 2.75) is 26.9 Å². The van der Waals surface area contributed by atoms with Gasteiger partial charge in [-0.05, 0) is 19.3 Å². The molecule has 18 heavy (non-hydrogen) atoms. The van der Waals surface area contributed by atoms with Gasteiger partial charge in [-0.2, -0.15) is 0 Å². The Labute approximate surface area is 108 Å². The van der Waals surface area contributed by atoms with Gasteiger partial charge in [-0.3, -0.25) is 0 Å². The van der Waals surface area contributed by atoms with Gasteiger partial charge in [0.05, 0.1) is 0 Å². The van der Waals surface area contributed by atoms with Gasteiger partial charge < -0.3 is 15.1 Å². The molecule has 6 nitrogen and oxygen atoms in total. The Hall–Kier alpha value is -1.40. The van der Waals surface area contributed by atoms with Crippen molar-refractivity contribution in [1.29, 1.82) is 0 Å². The first-order valence-electron chi connectivity index (χ1n) is 6.40.